The highest BCUT2D eigenvalue weighted by Crippen LogP contribution is 2.33. The molecular formula is C19H38N2. The van der Waals surface area contributed by atoms with Gasteiger partial charge < -0.3 is 10.2 Å². The zero-order chi connectivity index (χ0) is 15.2. The van der Waals surface area contributed by atoms with Crippen molar-refractivity contribution in [3.05, 3.63) is 0 Å². The molecule has 2 fully saturated rings. The van der Waals surface area contributed by atoms with Gasteiger partial charge in [-0.1, -0.05) is 27.2 Å². The van der Waals surface area contributed by atoms with E-state index in [0.29, 0.717) is 0 Å². The maximum Gasteiger partial charge on any atom is 0.0108 e. The van der Waals surface area contributed by atoms with Gasteiger partial charge in [-0.3, -0.25) is 0 Å². The molecule has 2 saturated carbocycles. The number of hydrogen-bond acceptors (Lipinski definition) is 2. The van der Waals surface area contributed by atoms with Gasteiger partial charge in [-0.25, -0.2) is 0 Å². The summed E-state index contributed by atoms with van der Waals surface area (Å²) in [6, 6.07) is 1.62. The van der Waals surface area contributed by atoms with Crippen molar-refractivity contribution in [3.63, 3.8) is 0 Å². The van der Waals surface area contributed by atoms with Crippen LogP contribution in [0.4, 0.5) is 0 Å². The van der Waals surface area contributed by atoms with Crippen molar-refractivity contribution in [2.24, 2.45) is 17.8 Å². The second-order valence-electron chi connectivity index (χ2n) is 7.86. The minimum absolute atomic E-state index is 0.766. The van der Waals surface area contributed by atoms with Gasteiger partial charge in [0.15, 0.2) is 0 Å². The Kier molecular flexibility index (Phi) is 7.01. The van der Waals surface area contributed by atoms with Gasteiger partial charge in [0.25, 0.3) is 0 Å². The summed E-state index contributed by atoms with van der Waals surface area (Å²) in [7, 11) is 2.39. The summed E-state index contributed by atoms with van der Waals surface area (Å²) < 4.78 is 0. The summed E-state index contributed by atoms with van der Waals surface area (Å²) in [4.78, 5) is 2.71. The summed E-state index contributed by atoms with van der Waals surface area (Å²) in [6.45, 7) is 9.50. The molecule has 2 rings (SSSR count). The fraction of sp³-hybridized carbons (Fsp3) is 1.00. The second kappa shape index (κ2) is 8.53. The van der Waals surface area contributed by atoms with Gasteiger partial charge in [-0.2, -0.15) is 0 Å². The zero-order valence-electron chi connectivity index (χ0n) is 14.9. The van der Waals surface area contributed by atoms with Gasteiger partial charge in [-0.15, -0.1) is 0 Å². The predicted octanol–water partition coefficient (Wildman–Crippen LogP) is 4.30. The Labute approximate surface area is 133 Å². The third-order valence-corrected chi connectivity index (χ3v) is 6.27. The molecule has 0 heterocycles. The molecular weight excluding hydrogens is 256 g/mol. The molecule has 2 aliphatic rings. The van der Waals surface area contributed by atoms with Crippen LogP contribution in [0.3, 0.4) is 0 Å². The van der Waals surface area contributed by atoms with E-state index in [9.17, 15) is 0 Å². The van der Waals surface area contributed by atoms with E-state index in [-0.39, 0.29) is 0 Å². The fourth-order valence-electron chi connectivity index (χ4n) is 4.67. The van der Waals surface area contributed by atoms with Crippen LogP contribution >= 0.6 is 0 Å². The van der Waals surface area contributed by atoms with E-state index in [1.165, 1.54) is 57.9 Å². The van der Waals surface area contributed by atoms with Crippen molar-refractivity contribution in [1.29, 1.82) is 0 Å². The monoisotopic (exact) mass is 294 g/mol. The highest BCUT2D eigenvalue weighted by molar-refractivity contribution is 4.87. The zero-order valence-corrected chi connectivity index (χ0v) is 14.9. The van der Waals surface area contributed by atoms with Gasteiger partial charge in [0, 0.05) is 18.6 Å². The first-order chi connectivity index (χ1) is 10.1. The van der Waals surface area contributed by atoms with Crippen molar-refractivity contribution in [2.45, 2.75) is 84.2 Å². The third kappa shape index (κ3) is 4.96. The quantitative estimate of drug-likeness (QED) is 0.785. The predicted molar refractivity (Wildman–Crippen MR) is 92.6 cm³/mol. The molecule has 124 valence electrons. The number of nitrogens with zero attached hydrogens (tertiary/aromatic N) is 1. The number of rotatable bonds is 6. The topological polar surface area (TPSA) is 15.3 Å². The lowest BCUT2D eigenvalue weighted by molar-refractivity contribution is 0.105. The van der Waals surface area contributed by atoms with Crippen LogP contribution in [0.25, 0.3) is 0 Å². The standard InChI is InChI=1S/C19H38N2/c1-5-16-9-12-19(20-6-2)17(13-16)14-21(4)18-10-7-15(3)8-11-18/h15-20H,5-14H2,1-4H3. The van der Waals surface area contributed by atoms with Gasteiger partial charge in [0.2, 0.25) is 0 Å². The molecule has 0 radical (unpaired) electrons. The molecule has 0 aromatic rings. The SMILES string of the molecule is CCNC1CCC(CC)CC1CN(C)C1CCC(C)CC1. The van der Waals surface area contributed by atoms with E-state index >= 15 is 0 Å². The van der Waals surface area contributed by atoms with Crippen LogP contribution in [0.1, 0.15) is 72.1 Å². The molecule has 0 saturated heterocycles. The average Bonchev–Trinajstić information content (AvgIpc) is 2.49. The third-order valence-electron chi connectivity index (χ3n) is 6.27. The Hall–Kier alpha value is -0.0800. The van der Waals surface area contributed by atoms with E-state index in [1.54, 1.807) is 0 Å². The normalized spacial score (nSPS) is 37.9. The Bertz CT molecular complexity index is 283. The fourth-order valence-corrected chi connectivity index (χ4v) is 4.67. The van der Waals surface area contributed by atoms with Crippen LogP contribution < -0.4 is 5.32 Å². The van der Waals surface area contributed by atoms with Crippen LogP contribution in [0.2, 0.25) is 0 Å². The van der Waals surface area contributed by atoms with Crippen molar-refractivity contribution < 1.29 is 0 Å². The van der Waals surface area contributed by atoms with E-state index < -0.39 is 0 Å². The van der Waals surface area contributed by atoms with Crippen molar-refractivity contribution >= 4 is 0 Å². The van der Waals surface area contributed by atoms with Gasteiger partial charge in [0.05, 0.1) is 0 Å². The Balaban J connectivity index is 1.87. The van der Waals surface area contributed by atoms with Gasteiger partial charge in [-0.05, 0) is 76.3 Å². The molecule has 0 spiro atoms. The van der Waals surface area contributed by atoms with Crippen molar-refractivity contribution in [3.8, 4) is 0 Å². The molecule has 0 aromatic carbocycles. The van der Waals surface area contributed by atoms with E-state index in [2.05, 4.69) is 38.0 Å². The van der Waals surface area contributed by atoms with E-state index in [0.717, 1.165) is 36.4 Å². The Morgan fingerprint density at radius 2 is 1.71 bits per heavy atom. The molecule has 3 atom stereocenters. The highest BCUT2D eigenvalue weighted by Gasteiger charge is 2.31. The summed E-state index contributed by atoms with van der Waals surface area (Å²) in [6.07, 6.45) is 11.4. The highest BCUT2D eigenvalue weighted by atomic mass is 15.1. The maximum atomic E-state index is 3.77. The van der Waals surface area contributed by atoms with Gasteiger partial charge in [0.1, 0.15) is 0 Å². The smallest absolute Gasteiger partial charge is 0.0108 e. The molecule has 21 heavy (non-hydrogen) atoms. The van der Waals surface area contributed by atoms with Crippen molar-refractivity contribution in [2.75, 3.05) is 20.1 Å². The lowest BCUT2D eigenvalue weighted by atomic mass is 9.76. The molecule has 0 amide bonds. The van der Waals surface area contributed by atoms with Crippen LogP contribution in [-0.4, -0.2) is 37.1 Å². The van der Waals surface area contributed by atoms with E-state index in [1.807, 2.05) is 0 Å². The Morgan fingerprint density at radius 1 is 1.00 bits per heavy atom. The van der Waals surface area contributed by atoms with Crippen LogP contribution in [0, 0.1) is 17.8 Å². The van der Waals surface area contributed by atoms with Gasteiger partial charge >= 0.3 is 0 Å². The minimum atomic E-state index is 0.766. The molecule has 2 aliphatic carbocycles. The van der Waals surface area contributed by atoms with Crippen LogP contribution in [0.15, 0.2) is 0 Å². The van der Waals surface area contributed by atoms with Crippen LogP contribution in [-0.2, 0) is 0 Å². The summed E-state index contributed by atoms with van der Waals surface area (Å²) in [5, 5.41) is 3.77. The van der Waals surface area contributed by atoms with Crippen LogP contribution in [0.5, 0.6) is 0 Å². The molecule has 2 nitrogen and oxygen atoms in total. The first-order valence-electron chi connectivity index (χ1n) is 9.57. The largest absolute Gasteiger partial charge is 0.314 e. The average molecular weight is 295 g/mol. The second-order valence-corrected chi connectivity index (χ2v) is 7.86. The lowest BCUT2D eigenvalue weighted by Crippen LogP contribution is -2.47. The lowest BCUT2D eigenvalue weighted by Gasteiger charge is -2.41. The number of nitrogens with one attached hydrogen (secondary N) is 1. The maximum absolute atomic E-state index is 3.77. The molecule has 0 aromatic heterocycles. The summed E-state index contributed by atoms with van der Waals surface area (Å²) in [5.74, 6) is 2.81. The summed E-state index contributed by atoms with van der Waals surface area (Å²) in [5.41, 5.74) is 0. The Morgan fingerprint density at radius 3 is 2.33 bits per heavy atom. The molecule has 1 N–H and O–H groups in total. The first-order valence-corrected chi connectivity index (χ1v) is 9.57. The number of hydrogen-bond donors (Lipinski definition) is 1. The minimum Gasteiger partial charge on any atom is -0.314 e. The molecule has 2 heteroatoms. The molecule has 0 bridgehead atoms. The molecule has 0 aliphatic heterocycles. The molecule has 3 unspecified atom stereocenters. The van der Waals surface area contributed by atoms with E-state index in [4.69, 9.17) is 0 Å². The van der Waals surface area contributed by atoms with Crippen molar-refractivity contribution in [1.82, 2.24) is 10.2 Å². The first kappa shape index (κ1) is 17.3. The summed E-state index contributed by atoms with van der Waals surface area (Å²) >= 11 is 0.